The minimum atomic E-state index is 1.07. The Morgan fingerprint density at radius 2 is 1.50 bits per heavy atom. The summed E-state index contributed by atoms with van der Waals surface area (Å²) in [4.78, 5) is 0. The standard InChI is InChI=1S/C22H20/c1-2-8-20-19-13-6-4-10-17(19)15-22(20)21-14-7-11-16-9-3-5-12-18(16)21/h3-7,9-14H,2,8,15H2,1H3. The van der Waals surface area contributed by atoms with Crippen molar-refractivity contribution < 1.29 is 0 Å². The molecule has 0 saturated heterocycles. The largest absolute Gasteiger partial charge is 0.0651 e. The minimum Gasteiger partial charge on any atom is -0.0651 e. The van der Waals surface area contributed by atoms with E-state index in [2.05, 4.69) is 73.7 Å². The van der Waals surface area contributed by atoms with Gasteiger partial charge in [-0.2, -0.15) is 0 Å². The van der Waals surface area contributed by atoms with E-state index in [9.17, 15) is 0 Å². The SMILES string of the molecule is CCCC1=C(c2cccc3ccccc23)Cc2ccccc21. The summed E-state index contributed by atoms with van der Waals surface area (Å²) in [5.41, 5.74) is 7.44. The second-order valence-corrected chi connectivity index (χ2v) is 6.07. The molecule has 0 aliphatic heterocycles. The zero-order valence-corrected chi connectivity index (χ0v) is 13.0. The highest BCUT2D eigenvalue weighted by Crippen LogP contribution is 2.42. The van der Waals surface area contributed by atoms with Crippen molar-refractivity contribution in [2.24, 2.45) is 0 Å². The van der Waals surface area contributed by atoms with E-state index < -0.39 is 0 Å². The van der Waals surface area contributed by atoms with Gasteiger partial charge in [-0.05, 0) is 51.5 Å². The van der Waals surface area contributed by atoms with Crippen LogP contribution < -0.4 is 0 Å². The van der Waals surface area contributed by atoms with E-state index >= 15 is 0 Å². The Bertz CT molecular complexity index is 863. The van der Waals surface area contributed by atoms with E-state index in [1.165, 1.54) is 39.5 Å². The first-order chi connectivity index (χ1) is 10.9. The number of allylic oxidation sites excluding steroid dienone is 2. The van der Waals surface area contributed by atoms with Gasteiger partial charge in [0.1, 0.15) is 0 Å². The predicted octanol–water partition coefficient (Wildman–Crippen LogP) is 6.11. The van der Waals surface area contributed by atoms with Crippen LogP contribution in [-0.4, -0.2) is 0 Å². The first-order valence-corrected chi connectivity index (χ1v) is 8.17. The molecule has 0 fully saturated rings. The van der Waals surface area contributed by atoms with Crippen LogP contribution in [0, 0.1) is 0 Å². The van der Waals surface area contributed by atoms with Crippen molar-refractivity contribution in [1.29, 1.82) is 0 Å². The smallest absolute Gasteiger partial charge is 0.00106 e. The van der Waals surface area contributed by atoms with Crippen LogP contribution in [0.2, 0.25) is 0 Å². The summed E-state index contributed by atoms with van der Waals surface area (Å²) in [6.07, 6.45) is 3.42. The van der Waals surface area contributed by atoms with Gasteiger partial charge in [-0.1, -0.05) is 80.1 Å². The highest BCUT2D eigenvalue weighted by atomic mass is 14.3. The Labute approximate surface area is 132 Å². The van der Waals surface area contributed by atoms with Gasteiger partial charge in [-0.3, -0.25) is 0 Å². The second-order valence-electron chi connectivity index (χ2n) is 6.07. The Kier molecular flexibility index (Phi) is 3.31. The van der Waals surface area contributed by atoms with Crippen LogP contribution in [-0.2, 0) is 6.42 Å². The molecule has 0 atom stereocenters. The summed E-state index contributed by atoms with van der Waals surface area (Å²) in [6.45, 7) is 2.27. The normalized spacial score (nSPS) is 13.7. The molecule has 0 unspecified atom stereocenters. The van der Waals surface area contributed by atoms with Crippen molar-refractivity contribution in [3.05, 3.63) is 83.4 Å². The average molecular weight is 284 g/mol. The molecular formula is C22H20. The highest BCUT2D eigenvalue weighted by molar-refractivity contribution is 6.04. The number of fused-ring (bicyclic) bond motifs is 2. The summed E-state index contributed by atoms with van der Waals surface area (Å²) in [6, 6.07) is 24.3. The molecule has 3 aromatic carbocycles. The molecule has 0 nitrogen and oxygen atoms in total. The lowest BCUT2D eigenvalue weighted by Gasteiger charge is -2.11. The van der Waals surface area contributed by atoms with Crippen LogP contribution in [0.1, 0.15) is 36.5 Å². The van der Waals surface area contributed by atoms with Gasteiger partial charge in [0.05, 0.1) is 0 Å². The van der Waals surface area contributed by atoms with Crippen molar-refractivity contribution in [2.45, 2.75) is 26.2 Å². The van der Waals surface area contributed by atoms with Crippen LogP contribution in [0.3, 0.4) is 0 Å². The number of hydrogen-bond acceptors (Lipinski definition) is 0. The quantitative estimate of drug-likeness (QED) is 0.544. The molecule has 0 radical (unpaired) electrons. The summed E-state index contributed by atoms with van der Waals surface area (Å²) in [5.74, 6) is 0. The molecule has 0 heterocycles. The fourth-order valence-corrected chi connectivity index (χ4v) is 3.71. The first-order valence-electron chi connectivity index (χ1n) is 8.17. The molecule has 108 valence electrons. The monoisotopic (exact) mass is 284 g/mol. The zero-order chi connectivity index (χ0) is 14.9. The van der Waals surface area contributed by atoms with Crippen molar-refractivity contribution in [3.63, 3.8) is 0 Å². The molecule has 0 heteroatoms. The number of rotatable bonds is 3. The van der Waals surface area contributed by atoms with E-state index in [0.717, 1.165) is 12.8 Å². The summed E-state index contributed by atoms with van der Waals surface area (Å²) in [7, 11) is 0. The molecule has 0 N–H and O–H groups in total. The van der Waals surface area contributed by atoms with Gasteiger partial charge in [0.25, 0.3) is 0 Å². The molecule has 1 aliphatic rings. The Balaban J connectivity index is 1.95. The van der Waals surface area contributed by atoms with E-state index in [0.29, 0.717) is 0 Å². The Morgan fingerprint density at radius 1 is 0.773 bits per heavy atom. The van der Waals surface area contributed by atoms with Crippen LogP contribution in [0.5, 0.6) is 0 Å². The first kappa shape index (κ1) is 13.3. The van der Waals surface area contributed by atoms with Gasteiger partial charge in [-0.25, -0.2) is 0 Å². The van der Waals surface area contributed by atoms with E-state index in [1.807, 2.05) is 0 Å². The van der Waals surface area contributed by atoms with Crippen LogP contribution in [0.15, 0.2) is 66.7 Å². The fraction of sp³-hybridized carbons (Fsp3) is 0.182. The maximum atomic E-state index is 2.29. The third kappa shape index (κ3) is 2.07. The van der Waals surface area contributed by atoms with Gasteiger partial charge in [-0.15, -0.1) is 0 Å². The molecule has 0 bridgehead atoms. The fourth-order valence-electron chi connectivity index (χ4n) is 3.71. The third-order valence-electron chi connectivity index (χ3n) is 4.69. The van der Waals surface area contributed by atoms with Crippen molar-refractivity contribution in [2.75, 3.05) is 0 Å². The van der Waals surface area contributed by atoms with Crippen molar-refractivity contribution in [3.8, 4) is 0 Å². The van der Waals surface area contributed by atoms with Crippen molar-refractivity contribution in [1.82, 2.24) is 0 Å². The maximum Gasteiger partial charge on any atom is -0.00106 e. The molecular weight excluding hydrogens is 264 g/mol. The summed E-state index contributed by atoms with van der Waals surface area (Å²) in [5, 5.41) is 2.71. The Hall–Kier alpha value is -2.34. The molecule has 0 aromatic heterocycles. The zero-order valence-electron chi connectivity index (χ0n) is 13.0. The van der Waals surface area contributed by atoms with Crippen molar-refractivity contribution >= 4 is 21.9 Å². The van der Waals surface area contributed by atoms with Gasteiger partial charge in [0.2, 0.25) is 0 Å². The maximum absolute atomic E-state index is 2.29. The van der Waals surface area contributed by atoms with E-state index in [-0.39, 0.29) is 0 Å². The van der Waals surface area contributed by atoms with Gasteiger partial charge >= 0.3 is 0 Å². The number of hydrogen-bond donors (Lipinski definition) is 0. The molecule has 3 aromatic rings. The molecule has 0 spiro atoms. The Morgan fingerprint density at radius 3 is 2.41 bits per heavy atom. The van der Waals surface area contributed by atoms with Crippen LogP contribution >= 0.6 is 0 Å². The molecule has 0 amide bonds. The molecule has 1 aliphatic carbocycles. The minimum absolute atomic E-state index is 1.07. The topological polar surface area (TPSA) is 0 Å². The average Bonchev–Trinajstić information content (AvgIpc) is 2.93. The molecule has 0 saturated carbocycles. The number of benzene rings is 3. The second kappa shape index (κ2) is 5.46. The van der Waals surface area contributed by atoms with Gasteiger partial charge < -0.3 is 0 Å². The summed E-state index contributed by atoms with van der Waals surface area (Å²) < 4.78 is 0. The van der Waals surface area contributed by atoms with Crippen LogP contribution in [0.4, 0.5) is 0 Å². The van der Waals surface area contributed by atoms with Gasteiger partial charge in [0, 0.05) is 0 Å². The molecule has 22 heavy (non-hydrogen) atoms. The van der Waals surface area contributed by atoms with E-state index in [1.54, 1.807) is 5.57 Å². The van der Waals surface area contributed by atoms with E-state index in [4.69, 9.17) is 0 Å². The van der Waals surface area contributed by atoms with Gasteiger partial charge in [0.15, 0.2) is 0 Å². The lowest BCUT2D eigenvalue weighted by atomic mass is 9.93. The van der Waals surface area contributed by atoms with Crippen LogP contribution in [0.25, 0.3) is 21.9 Å². The highest BCUT2D eigenvalue weighted by Gasteiger charge is 2.22. The predicted molar refractivity (Wildman–Crippen MR) is 95.8 cm³/mol. The third-order valence-corrected chi connectivity index (χ3v) is 4.69. The lowest BCUT2D eigenvalue weighted by molar-refractivity contribution is 0.976. The lowest BCUT2D eigenvalue weighted by Crippen LogP contribution is -1.89. The molecule has 4 rings (SSSR count). The summed E-state index contributed by atoms with van der Waals surface area (Å²) >= 11 is 0.